The summed E-state index contributed by atoms with van der Waals surface area (Å²) >= 11 is 0.753. The van der Waals surface area contributed by atoms with Gasteiger partial charge in [0.05, 0.1) is 43.3 Å². The van der Waals surface area contributed by atoms with Crippen LogP contribution in [0.2, 0.25) is 0 Å². The van der Waals surface area contributed by atoms with E-state index in [4.69, 9.17) is 14.2 Å². The number of rotatable bonds is 7. The molecule has 0 radical (unpaired) electrons. The summed E-state index contributed by atoms with van der Waals surface area (Å²) in [5, 5.41) is 2.21. The first-order chi connectivity index (χ1) is 15.7. The lowest BCUT2D eigenvalue weighted by atomic mass is 10.2. The molecule has 1 unspecified atom stereocenters. The van der Waals surface area contributed by atoms with Crippen LogP contribution in [0, 0.1) is 5.82 Å². The van der Waals surface area contributed by atoms with E-state index in [1.807, 2.05) is 0 Å². The predicted molar refractivity (Wildman–Crippen MR) is 117 cm³/mol. The van der Waals surface area contributed by atoms with Crippen molar-refractivity contribution >= 4 is 39.3 Å². The number of aromatic nitrogens is 3. The zero-order chi connectivity index (χ0) is 24.3. The fourth-order valence-corrected chi connectivity index (χ4v) is 3.60. The molecule has 2 heterocycles. The number of thiazole rings is 1. The van der Waals surface area contributed by atoms with Crippen molar-refractivity contribution in [3.63, 3.8) is 0 Å². The maximum atomic E-state index is 14.6. The van der Waals surface area contributed by atoms with E-state index >= 15 is 0 Å². The zero-order valence-electron chi connectivity index (χ0n) is 18.0. The lowest BCUT2D eigenvalue weighted by Crippen LogP contribution is -2.31. The molecule has 0 aliphatic carbocycles. The molecule has 33 heavy (non-hydrogen) atoms. The number of benzene rings is 1. The molecule has 0 saturated carbocycles. The van der Waals surface area contributed by atoms with E-state index in [2.05, 4.69) is 26.6 Å². The van der Waals surface area contributed by atoms with Crippen LogP contribution >= 0.6 is 11.3 Å². The van der Waals surface area contributed by atoms with Gasteiger partial charge in [-0.15, -0.1) is 0 Å². The molecule has 174 valence electrons. The number of methoxy groups -OCH3 is 3. The molecule has 1 aromatic carbocycles. The summed E-state index contributed by atoms with van der Waals surface area (Å²) in [5.41, 5.74) is 0.115. The monoisotopic (exact) mass is 478 g/mol. The van der Waals surface area contributed by atoms with E-state index in [-0.39, 0.29) is 39.2 Å². The number of carbonyl (C=O) groups is 2. The number of ether oxygens (including phenoxy) is 4. The van der Waals surface area contributed by atoms with Crippen LogP contribution in [0.3, 0.4) is 0 Å². The quantitative estimate of drug-likeness (QED) is 0.402. The predicted octanol–water partition coefficient (Wildman–Crippen LogP) is 2.66. The average molecular weight is 478 g/mol. The van der Waals surface area contributed by atoms with Crippen molar-refractivity contribution in [1.29, 1.82) is 0 Å². The molecule has 0 spiro atoms. The van der Waals surface area contributed by atoms with Crippen molar-refractivity contribution in [2.24, 2.45) is 0 Å². The highest BCUT2D eigenvalue weighted by atomic mass is 32.1. The molecule has 2 aromatic heterocycles. The maximum Gasteiger partial charge on any atom is 0.412 e. The second-order valence-electron chi connectivity index (χ2n) is 6.54. The highest BCUT2D eigenvalue weighted by Gasteiger charge is 2.25. The Morgan fingerprint density at radius 2 is 1.79 bits per heavy atom. The molecule has 0 aliphatic rings. The number of nitrogens with zero attached hydrogens (tertiary/aromatic N) is 3. The van der Waals surface area contributed by atoms with E-state index in [1.54, 1.807) is 0 Å². The molecule has 3 aromatic rings. The second-order valence-corrected chi connectivity index (χ2v) is 7.53. The van der Waals surface area contributed by atoms with Gasteiger partial charge >= 0.3 is 16.9 Å². The summed E-state index contributed by atoms with van der Waals surface area (Å²) in [5.74, 6) is -1.47. The minimum Gasteiger partial charge on any atom is -0.481 e. The van der Waals surface area contributed by atoms with Gasteiger partial charge in [0.25, 0.3) is 0 Å². The summed E-state index contributed by atoms with van der Waals surface area (Å²) in [6.45, 7) is 5.03. The summed E-state index contributed by atoms with van der Waals surface area (Å²) in [6, 6.07) is 3.71. The molecular weight excluding hydrogens is 459 g/mol. The standard InChI is InChI=1S/C20H19FN4O7S/c1-9(2)16(17(26)31-5)32-19(27)22-11-7-12-13(6-10(11)21)33-20(28)25(12)18-23-14(29-3)8-15(24-18)30-4/h6-8,16H,1H2,2-5H3,(H,22,27). The van der Waals surface area contributed by atoms with Crippen molar-refractivity contribution in [2.75, 3.05) is 26.6 Å². The van der Waals surface area contributed by atoms with Gasteiger partial charge in [0.15, 0.2) is 0 Å². The molecule has 13 heteroatoms. The minimum absolute atomic E-state index is 0.0735. The largest absolute Gasteiger partial charge is 0.481 e. The van der Waals surface area contributed by atoms with Crippen LogP contribution in [0.1, 0.15) is 6.92 Å². The smallest absolute Gasteiger partial charge is 0.412 e. The summed E-state index contributed by atoms with van der Waals surface area (Å²) in [6.07, 6.45) is -2.51. The molecule has 1 atom stereocenters. The Kier molecular flexibility index (Phi) is 6.92. The van der Waals surface area contributed by atoms with Gasteiger partial charge in [0.1, 0.15) is 5.82 Å². The lowest BCUT2D eigenvalue weighted by molar-refractivity contribution is -0.148. The van der Waals surface area contributed by atoms with E-state index in [1.165, 1.54) is 33.3 Å². The van der Waals surface area contributed by atoms with Gasteiger partial charge in [0, 0.05) is 0 Å². The summed E-state index contributed by atoms with van der Waals surface area (Å²) in [4.78, 5) is 44.5. The number of hydrogen-bond donors (Lipinski definition) is 1. The molecular formula is C20H19FN4O7S. The maximum absolute atomic E-state index is 14.6. The van der Waals surface area contributed by atoms with Crippen LogP contribution < -0.4 is 19.7 Å². The first-order valence-corrected chi connectivity index (χ1v) is 10.0. The Hall–Kier alpha value is -4.00. The molecule has 11 nitrogen and oxygen atoms in total. The van der Waals surface area contributed by atoms with Crippen LogP contribution in [0.5, 0.6) is 11.8 Å². The van der Waals surface area contributed by atoms with Crippen molar-refractivity contribution in [3.8, 4) is 17.7 Å². The zero-order valence-corrected chi connectivity index (χ0v) is 18.8. The van der Waals surface area contributed by atoms with Gasteiger partial charge < -0.3 is 18.9 Å². The Balaban J connectivity index is 2.02. The van der Waals surface area contributed by atoms with E-state index in [0.717, 1.165) is 29.1 Å². The third-order valence-corrected chi connectivity index (χ3v) is 5.18. The number of nitrogens with one attached hydrogen (secondary N) is 1. The molecule has 0 bridgehead atoms. The number of fused-ring (bicyclic) bond motifs is 1. The van der Waals surface area contributed by atoms with E-state index in [9.17, 15) is 18.8 Å². The Morgan fingerprint density at radius 1 is 1.15 bits per heavy atom. The molecule has 1 amide bonds. The highest BCUT2D eigenvalue weighted by Crippen LogP contribution is 2.28. The summed E-state index contributed by atoms with van der Waals surface area (Å²) in [7, 11) is 3.89. The third-order valence-electron chi connectivity index (χ3n) is 4.28. The average Bonchev–Trinajstić information content (AvgIpc) is 3.10. The van der Waals surface area contributed by atoms with Crippen LogP contribution in [-0.4, -0.2) is 54.0 Å². The number of esters is 1. The Labute approximate surface area is 190 Å². The number of halogens is 1. The fourth-order valence-electron chi connectivity index (χ4n) is 2.73. The van der Waals surface area contributed by atoms with Crippen LogP contribution in [0.4, 0.5) is 14.9 Å². The lowest BCUT2D eigenvalue weighted by Gasteiger charge is -2.16. The molecule has 3 rings (SSSR count). The third kappa shape index (κ3) is 4.92. The number of carbonyl (C=O) groups excluding carboxylic acids is 2. The Morgan fingerprint density at radius 3 is 2.33 bits per heavy atom. The van der Waals surface area contributed by atoms with Gasteiger partial charge in [-0.1, -0.05) is 17.9 Å². The SMILES string of the molecule is C=C(C)C(OC(=O)Nc1cc2c(cc1F)sc(=O)n2-c1nc(OC)cc(OC)n1)C(=O)OC. The molecule has 1 N–H and O–H groups in total. The highest BCUT2D eigenvalue weighted by molar-refractivity contribution is 7.16. The molecule has 0 fully saturated rings. The van der Waals surface area contributed by atoms with Crippen molar-refractivity contribution in [3.05, 3.63) is 45.8 Å². The van der Waals surface area contributed by atoms with Crippen molar-refractivity contribution < 1.29 is 32.9 Å². The first kappa shape index (κ1) is 23.7. The fraction of sp³-hybridized carbons (Fsp3) is 0.250. The first-order valence-electron chi connectivity index (χ1n) is 9.21. The number of hydrogen-bond acceptors (Lipinski definition) is 10. The van der Waals surface area contributed by atoms with Crippen LogP contribution in [0.15, 0.2) is 35.1 Å². The van der Waals surface area contributed by atoms with Gasteiger partial charge in [-0.05, 0) is 24.6 Å². The van der Waals surface area contributed by atoms with Crippen molar-refractivity contribution in [2.45, 2.75) is 13.0 Å². The summed E-state index contributed by atoms with van der Waals surface area (Å²) < 4.78 is 35.8. The van der Waals surface area contributed by atoms with Gasteiger partial charge in [-0.25, -0.2) is 18.5 Å². The Bertz CT molecular complexity index is 1280. The molecule has 0 saturated heterocycles. The van der Waals surface area contributed by atoms with E-state index in [0.29, 0.717) is 0 Å². The minimum atomic E-state index is -1.38. The van der Waals surface area contributed by atoms with Gasteiger partial charge in [0.2, 0.25) is 23.8 Å². The van der Waals surface area contributed by atoms with Gasteiger partial charge in [-0.3, -0.25) is 10.1 Å². The van der Waals surface area contributed by atoms with Crippen LogP contribution in [0.25, 0.3) is 16.2 Å². The topological polar surface area (TPSA) is 131 Å². The van der Waals surface area contributed by atoms with E-state index < -0.39 is 28.9 Å². The molecule has 0 aliphatic heterocycles. The second kappa shape index (κ2) is 9.65. The number of amides is 1. The normalized spacial score (nSPS) is 11.5. The van der Waals surface area contributed by atoms with Crippen LogP contribution in [-0.2, 0) is 14.3 Å². The van der Waals surface area contributed by atoms with Crippen molar-refractivity contribution in [1.82, 2.24) is 14.5 Å². The number of anilines is 1. The van der Waals surface area contributed by atoms with Gasteiger partial charge in [-0.2, -0.15) is 9.97 Å².